The number of anilines is 1. The molecule has 2 amide bonds. The molecule has 0 spiro atoms. The average Bonchev–Trinajstić information content (AvgIpc) is 2.78. The molecule has 2 rings (SSSR count). The van der Waals surface area contributed by atoms with Gasteiger partial charge in [0.25, 0.3) is 0 Å². The third kappa shape index (κ3) is 3.82. The minimum absolute atomic E-state index is 0.263. The normalized spacial score (nSPS) is 10.4. The zero-order valence-corrected chi connectivity index (χ0v) is 12.5. The number of rotatable bonds is 5. The lowest BCUT2D eigenvalue weighted by Gasteiger charge is -2.13. The molecule has 2 N–H and O–H groups in total. The van der Waals surface area contributed by atoms with Crippen LogP contribution in [-0.2, 0) is 4.74 Å². The second-order valence-corrected chi connectivity index (χ2v) is 4.73. The van der Waals surface area contributed by atoms with Gasteiger partial charge in [-0.15, -0.1) is 0 Å². The summed E-state index contributed by atoms with van der Waals surface area (Å²) >= 11 is 0. The molecule has 0 saturated carbocycles. The Kier molecular flexibility index (Phi) is 4.94. The molecule has 112 valence electrons. The van der Waals surface area contributed by atoms with Crippen LogP contribution >= 0.6 is 0 Å². The number of hydrogen-bond acceptors (Lipinski definition) is 3. The molecular formula is C15H20N4O2. The SMILES string of the molecule is COCCNC(=O)Nc1ccccc1-n1nc(C)cc1C. The molecule has 6 heteroatoms. The first-order valence-corrected chi connectivity index (χ1v) is 6.78. The third-order valence-electron chi connectivity index (χ3n) is 2.98. The maximum Gasteiger partial charge on any atom is 0.319 e. The first kappa shape index (κ1) is 15.1. The van der Waals surface area contributed by atoms with Crippen molar-refractivity contribution < 1.29 is 9.53 Å². The van der Waals surface area contributed by atoms with Crippen LogP contribution in [0.5, 0.6) is 0 Å². The third-order valence-corrected chi connectivity index (χ3v) is 2.98. The standard InChI is InChI=1S/C15H20N4O2/c1-11-10-12(2)19(18-11)14-7-5-4-6-13(14)17-15(20)16-8-9-21-3/h4-7,10H,8-9H2,1-3H3,(H2,16,17,20). The van der Waals surface area contributed by atoms with Gasteiger partial charge in [0.15, 0.2) is 0 Å². The van der Waals surface area contributed by atoms with Gasteiger partial charge >= 0.3 is 6.03 Å². The summed E-state index contributed by atoms with van der Waals surface area (Å²) in [5, 5.41) is 10.0. The number of para-hydroxylation sites is 2. The van der Waals surface area contributed by atoms with E-state index in [2.05, 4.69) is 15.7 Å². The number of carbonyl (C=O) groups excluding carboxylic acids is 1. The number of benzene rings is 1. The number of nitrogens with one attached hydrogen (secondary N) is 2. The van der Waals surface area contributed by atoms with E-state index in [0.717, 1.165) is 17.1 Å². The number of urea groups is 1. The van der Waals surface area contributed by atoms with E-state index < -0.39 is 0 Å². The number of ether oxygens (including phenoxy) is 1. The molecule has 0 bridgehead atoms. The summed E-state index contributed by atoms with van der Waals surface area (Å²) in [6, 6.07) is 9.29. The summed E-state index contributed by atoms with van der Waals surface area (Å²) in [6.07, 6.45) is 0. The highest BCUT2D eigenvalue weighted by atomic mass is 16.5. The molecule has 0 radical (unpaired) electrons. The number of aromatic nitrogens is 2. The van der Waals surface area contributed by atoms with Gasteiger partial charge in [-0.25, -0.2) is 9.48 Å². The largest absolute Gasteiger partial charge is 0.383 e. The van der Waals surface area contributed by atoms with Gasteiger partial charge in [0, 0.05) is 19.3 Å². The number of methoxy groups -OCH3 is 1. The van der Waals surface area contributed by atoms with E-state index in [4.69, 9.17) is 4.74 Å². The van der Waals surface area contributed by atoms with Gasteiger partial charge in [0.05, 0.1) is 23.7 Å². The van der Waals surface area contributed by atoms with Crippen LogP contribution in [0.2, 0.25) is 0 Å². The van der Waals surface area contributed by atoms with Crippen LogP contribution in [0.25, 0.3) is 5.69 Å². The van der Waals surface area contributed by atoms with Crippen LogP contribution in [0.15, 0.2) is 30.3 Å². The Hall–Kier alpha value is -2.34. The van der Waals surface area contributed by atoms with Crippen LogP contribution in [0.4, 0.5) is 10.5 Å². The van der Waals surface area contributed by atoms with E-state index in [9.17, 15) is 4.79 Å². The molecule has 0 saturated heterocycles. The highest BCUT2D eigenvalue weighted by molar-refractivity contribution is 5.91. The molecule has 1 heterocycles. The molecule has 2 aromatic rings. The Balaban J connectivity index is 2.18. The molecule has 6 nitrogen and oxygen atoms in total. The van der Waals surface area contributed by atoms with Crippen molar-refractivity contribution in [3.63, 3.8) is 0 Å². The van der Waals surface area contributed by atoms with Gasteiger partial charge in [-0.3, -0.25) is 0 Å². The van der Waals surface area contributed by atoms with Crippen LogP contribution in [0.3, 0.4) is 0 Å². The van der Waals surface area contributed by atoms with Crippen LogP contribution in [0.1, 0.15) is 11.4 Å². The van der Waals surface area contributed by atoms with Crippen molar-refractivity contribution in [3.05, 3.63) is 41.7 Å². The second kappa shape index (κ2) is 6.90. The zero-order valence-electron chi connectivity index (χ0n) is 12.5. The number of hydrogen-bond donors (Lipinski definition) is 2. The Morgan fingerprint density at radius 1 is 1.33 bits per heavy atom. The van der Waals surface area contributed by atoms with E-state index in [-0.39, 0.29) is 6.03 Å². The van der Waals surface area contributed by atoms with Crippen molar-refractivity contribution in [2.24, 2.45) is 0 Å². The van der Waals surface area contributed by atoms with Crippen molar-refractivity contribution in [1.29, 1.82) is 0 Å². The number of amides is 2. The van der Waals surface area contributed by atoms with Gasteiger partial charge in [0.1, 0.15) is 0 Å². The van der Waals surface area contributed by atoms with Crippen molar-refractivity contribution in [2.45, 2.75) is 13.8 Å². The van der Waals surface area contributed by atoms with Crippen molar-refractivity contribution in [1.82, 2.24) is 15.1 Å². The van der Waals surface area contributed by atoms with Gasteiger partial charge in [-0.2, -0.15) is 5.10 Å². The summed E-state index contributed by atoms with van der Waals surface area (Å²) in [5.41, 5.74) is 3.50. The first-order chi connectivity index (χ1) is 10.1. The number of carbonyl (C=O) groups is 1. The summed E-state index contributed by atoms with van der Waals surface area (Å²) in [5.74, 6) is 0. The molecule has 0 aliphatic carbocycles. The molecule has 0 atom stereocenters. The molecule has 1 aromatic heterocycles. The molecule has 0 fully saturated rings. The fourth-order valence-corrected chi connectivity index (χ4v) is 2.07. The van der Waals surface area contributed by atoms with Crippen molar-refractivity contribution in [2.75, 3.05) is 25.6 Å². The highest BCUT2D eigenvalue weighted by Crippen LogP contribution is 2.21. The topological polar surface area (TPSA) is 68.2 Å². The molecule has 0 unspecified atom stereocenters. The summed E-state index contributed by atoms with van der Waals surface area (Å²) in [7, 11) is 1.59. The lowest BCUT2D eigenvalue weighted by atomic mass is 10.2. The lowest BCUT2D eigenvalue weighted by Crippen LogP contribution is -2.31. The van der Waals surface area contributed by atoms with Crippen LogP contribution in [-0.4, -0.2) is 36.1 Å². The van der Waals surface area contributed by atoms with Crippen molar-refractivity contribution in [3.8, 4) is 5.69 Å². The monoisotopic (exact) mass is 288 g/mol. The van der Waals surface area contributed by atoms with E-state index in [1.54, 1.807) is 7.11 Å². The second-order valence-electron chi connectivity index (χ2n) is 4.73. The minimum Gasteiger partial charge on any atom is -0.383 e. The van der Waals surface area contributed by atoms with Gasteiger partial charge in [-0.05, 0) is 32.0 Å². The Labute approximate surface area is 124 Å². The van der Waals surface area contributed by atoms with E-state index in [0.29, 0.717) is 18.8 Å². The Bertz CT molecular complexity index is 622. The number of aryl methyl sites for hydroxylation is 2. The average molecular weight is 288 g/mol. The highest BCUT2D eigenvalue weighted by Gasteiger charge is 2.10. The number of nitrogens with zero attached hydrogens (tertiary/aromatic N) is 2. The minimum atomic E-state index is -0.263. The van der Waals surface area contributed by atoms with Crippen LogP contribution < -0.4 is 10.6 Å². The smallest absolute Gasteiger partial charge is 0.319 e. The van der Waals surface area contributed by atoms with Crippen LogP contribution in [0, 0.1) is 13.8 Å². The van der Waals surface area contributed by atoms with E-state index in [1.165, 1.54) is 0 Å². The fourth-order valence-electron chi connectivity index (χ4n) is 2.07. The van der Waals surface area contributed by atoms with Gasteiger partial charge in [0.2, 0.25) is 0 Å². The maximum absolute atomic E-state index is 11.9. The molecular weight excluding hydrogens is 268 g/mol. The lowest BCUT2D eigenvalue weighted by molar-refractivity contribution is 0.198. The van der Waals surface area contributed by atoms with Gasteiger partial charge < -0.3 is 15.4 Å². The quantitative estimate of drug-likeness (QED) is 0.829. The predicted molar refractivity (Wildman–Crippen MR) is 81.9 cm³/mol. The van der Waals surface area contributed by atoms with Gasteiger partial charge in [-0.1, -0.05) is 12.1 Å². The molecule has 0 aliphatic heterocycles. The van der Waals surface area contributed by atoms with Crippen molar-refractivity contribution >= 4 is 11.7 Å². The molecule has 0 aliphatic rings. The molecule has 1 aromatic carbocycles. The molecule has 21 heavy (non-hydrogen) atoms. The summed E-state index contributed by atoms with van der Waals surface area (Å²) in [4.78, 5) is 11.9. The Morgan fingerprint density at radius 3 is 2.76 bits per heavy atom. The zero-order chi connectivity index (χ0) is 15.2. The maximum atomic E-state index is 11.9. The summed E-state index contributed by atoms with van der Waals surface area (Å²) < 4.78 is 6.72. The predicted octanol–water partition coefficient (Wildman–Crippen LogP) is 2.26. The van der Waals surface area contributed by atoms with E-state index >= 15 is 0 Å². The first-order valence-electron chi connectivity index (χ1n) is 6.78. The fraction of sp³-hybridized carbons (Fsp3) is 0.333. The Morgan fingerprint density at radius 2 is 2.10 bits per heavy atom. The van der Waals surface area contributed by atoms with E-state index in [1.807, 2.05) is 48.9 Å². The summed E-state index contributed by atoms with van der Waals surface area (Å²) in [6.45, 7) is 4.86.